The minimum absolute atomic E-state index is 0.211. The fourth-order valence-corrected chi connectivity index (χ4v) is 5.32. The second-order valence-electron chi connectivity index (χ2n) is 9.00. The first kappa shape index (κ1) is 26.1. The topological polar surface area (TPSA) is 95.9 Å². The molecule has 0 saturated heterocycles. The highest BCUT2D eigenvalue weighted by molar-refractivity contribution is 7.51. The minimum atomic E-state index is -3.76. The highest BCUT2D eigenvalue weighted by Gasteiger charge is 2.31. The van der Waals surface area contributed by atoms with Crippen LogP contribution < -0.4 is 10.2 Å². The van der Waals surface area contributed by atoms with Crippen molar-refractivity contribution in [3.05, 3.63) is 93.5 Å². The summed E-state index contributed by atoms with van der Waals surface area (Å²) in [5, 5.41) is 3.35. The van der Waals surface area contributed by atoms with Crippen molar-refractivity contribution in [1.29, 1.82) is 0 Å². The predicted molar refractivity (Wildman–Crippen MR) is 142 cm³/mol. The Bertz CT molecular complexity index is 1370. The van der Waals surface area contributed by atoms with Gasteiger partial charge in [-0.05, 0) is 80.3 Å². The van der Waals surface area contributed by atoms with Gasteiger partial charge in [-0.1, -0.05) is 29.8 Å². The van der Waals surface area contributed by atoms with Gasteiger partial charge in [-0.25, -0.2) is 0 Å². The van der Waals surface area contributed by atoms with Crippen molar-refractivity contribution in [2.24, 2.45) is 0 Å². The number of fused-ring (bicyclic) bond motifs is 1. The largest absolute Gasteiger partial charge is 0.325 e. The van der Waals surface area contributed by atoms with Crippen molar-refractivity contribution in [3.63, 3.8) is 0 Å². The summed E-state index contributed by atoms with van der Waals surface area (Å²) in [5.74, 6) is -0.426. The van der Waals surface area contributed by atoms with E-state index in [1.807, 2.05) is 32.0 Å². The molecule has 0 saturated carbocycles. The van der Waals surface area contributed by atoms with Crippen LogP contribution in [0.25, 0.3) is 0 Å². The van der Waals surface area contributed by atoms with Crippen molar-refractivity contribution in [2.45, 2.75) is 32.8 Å². The van der Waals surface area contributed by atoms with Gasteiger partial charge in [0, 0.05) is 46.3 Å². The Labute approximate surface area is 215 Å². The van der Waals surface area contributed by atoms with E-state index < -0.39 is 13.7 Å². The molecule has 4 rings (SSSR count). The van der Waals surface area contributed by atoms with Crippen LogP contribution in [0.2, 0.25) is 5.02 Å². The van der Waals surface area contributed by atoms with Crippen LogP contribution in [-0.4, -0.2) is 29.9 Å². The van der Waals surface area contributed by atoms with Gasteiger partial charge in [0.2, 0.25) is 0 Å². The van der Waals surface area contributed by atoms with Crippen molar-refractivity contribution < 1.29 is 23.6 Å². The Kier molecular flexibility index (Phi) is 7.67. The van der Waals surface area contributed by atoms with Crippen LogP contribution in [-0.2, 0) is 9.09 Å². The van der Waals surface area contributed by atoms with Crippen LogP contribution in [0.3, 0.4) is 0 Å². The Balaban J connectivity index is 1.61. The van der Waals surface area contributed by atoms with Gasteiger partial charge < -0.3 is 19.6 Å². The fraction of sp³-hybridized carbons (Fsp3) is 0.259. The Morgan fingerprint density at radius 1 is 1.06 bits per heavy atom. The number of nitrogens with zero attached hydrogens (tertiary/aromatic N) is 1. The molecule has 7 nitrogen and oxygen atoms in total. The van der Waals surface area contributed by atoms with Gasteiger partial charge in [0.05, 0.1) is 6.10 Å². The molecule has 0 aromatic heterocycles. The van der Waals surface area contributed by atoms with Gasteiger partial charge in [-0.15, -0.1) is 0 Å². The number of aryl methyl sites for hydroxylation is 2. The van der Waals surface area contributed by atoms with Crippen LogP contribution in [0.1, 0.15) is 56.4 Å². The molecular formula is C27H28ClN2O5P. The van der Waals surface area contributed by atoms with E-state index in [1.165, 1.54) is 0 Å². The van der Waals surface area contributed by atoms with E-state index in [-0.39, 0.29) is 11.8 Å². The maximum absolute atomic E-state index is 13.7. The number of hydrogen-bond acceptors (Lipinski definition) is 4. The molecule has 0 fully saturated rings. The van der Waals surface area contributed by atoms with Crippen molar-refractivity contribution in [1.82, 2.24) is 0 Å². The van der Waals surface area contributed by atoms with E-state index in [2.05, 4.69) is 5.32 Å². The monoisotopic (exact) mass is 526 g/mol. The van der Waals surface area contributed by atoms with Gasteiger partial charge in [-0.3, -0.25) is 14.2 Å². The third-order valence-electron chi connectivity index (χ3n) is 6.15. The van der Waals surface area contributed by atoms with E-state index in [1.54, 1.807) is 47.4 Å². The number of nitrogens with one attached hydrogen (secondary N) is 1. The molecule has 0 radical (unpaired) electrons. The summed E-state index contributed by atoms with van der Waals surface area (Å²) in [5.41, 5.74) is 4.46. The average molecular weight is 527 g/mol. The number of rotatable bonds is 5. The second kappa shape index (κ2) is 10.6. The summed E-state index contributed by atoms with van der Waals surface area (Å²) in [4.78, 5) is 37.8. The lowest BCUT2D eigenvalue weighted by Crippen LogP contribution is -2.32. The molecule has 0 spiro atoms. The molecule has 1 aliphatic rings. The predicted octanol–water partition coefficient (Wildman–Crippen LogP) is 6.52. The Morgan fingerprint density at radius 3 is 2.50 bits per heavy atom. The van der Waals surface area contributed by atoms with Gasteiger partial charge in [-0.2, -0.15) is 0 Å². The average Bonchev–Trinajstić information content (AvgIpc) is 2.97. The lowest BCUT2D eigenvalue weighted by atomic mass is 10.0. The molecule has 2 unspecified atom stereocenters. The smallest absolute Gasteiger partial charge is 0.324 e. The lowest BCUT2D eigenvalue weighted by Gasteiger charge is -2.25. The lowest BCUT2D eigenvalue weighted by molar-refractivity contribution is 0.0985. The van der Waals surface area contributed by atoms with Crippen LogP contribution in [0.4, 0.5) is 11.4 Å². The van der Waals surface area contributed by atoms with Crippen molar-refractivity contribution in [3.8, 4) is 0 Å². The zero-order valence-electron chi connectivity index (χ0n) is 20.3. The van der Waals surface area contributed by atoms with E-state index in [0.29, 0.717) is 58.0 Å². The van der Waals surface area contributed by atoms with Gasteiger partial charge in [0.1, 0.15) is 0 Å². The number of amides is 2. The standard InChI is InChI=1S/C27H28ClN2O5P/c1-17-7-4-5-8-21(17)26(31)29-20-11-12-22(18(2)15-20)27(32)30-14-6-9-25(35-36(3,33)34)23-16-19(28)10-13-24(23)30/h4-5,7-8,10-13,15-16,25H,6,9,14H2,1-3H3,(H,29,31)(H,33,34). The van der Waals surface area contributed by atoms with E-state index >= 15 is 0 Å². The summed E-state index contributed by atoms with van der Waals surface area (Å²) in [6.45, 7) is 5.26. The zero-order chi connectivity index (χ0) is 26.0. The number of carbonyl (C=O) groups excluding carboxylic acids is 2. The molecule has 3 aromatic rings. The van der Waals surface area contributed by atoms with Crippen LogP contribution in [0.15, 0.2) is 60.7 Å². The van der Waals surface area contributed by atoms with Crippen molar-refractivity contribution >= 4 is 42.4 Å². The van der Waals surface area contributed by atoms with Gasteiger partial charge >= 0.3 is 7.60 Å². The van der Waals surface area contributed by atoms with Gasteiger partial charge in [0.15, 0.2) is 0 Å². The maximum Gasteiger partial charge on any atom is 0.325 e. The highest BCUT2D eigenvalue weighted by atomic mass is 35.5. The first-order valence-electron chi connectivity index (χ1n) is 11.6. The van der Waals surface area contributed by atoms with E-state index in [0.717, 1.165) is 12.2 Å². The first-order chi connectivity index (χ1) is 17.0. The summed E-state index contributed by atoms with van der Waals surface area (Å²) >= 11 is 6.22. The molecular weight excluding hydrogens is 499 g/mol. The molecule has 9 heteroatoms. The Morgan fingerprint density at radius 2 is 1.81 bits per heavy atom. The Hall–Kier alpha value is -2.96. The van der Waals surface area contributed by atoms with Crippen LogP contribution >= 0.6 is 19.2 Å². The van der Waals surface area contributed by atoms with E-state index in [9.17, 15) is 19.0 Å². The molecule has 3 aromatic carbocycles. The molecule has 2 N–H and O–H groups in total. The number of carbonyl (C=O) groups is 2. The quantitative estimate of drug-likeness (QED) is 0.369. The zero-order valence-corrected chi connectivity index (χ0v) is 22.0. The molecule has 1 aliphatic heterocycles. The summed E-state index contributed by atoms with van der Waals surface area (Å²) < 4.78 is 17.4. The molecule has 0 aliphatic carbocycles. The SMILES string of the molecule is Cc1ccccc1C(=O)Nc1ccc(C(=O)N2CCCC(OP(C)(=O)O)c3cc(Cl)ccc32)c(C)c1. The normalized spacial score (nSPS) is 17.0. The third kappa shape index (κ3) is 5.88. The molecule has 0 bridgehead atoms. The molecule has 36 heavy (non-hydrogen) atoms. The highest BCUT2D eigenvalue weighted by Crippen LogP contribution is 2.48. The third-order valence-corrected chi connectivity index (χ3v) is 7.03. The van der Waals surface area contributed by atoms with E-state index in [4.69, 9.17) is 16.1 Å². The minimum Gasteiger partial charge on any atom is -0.324 e. The molecule has 2 atom stereocenters. The number of benzene rings is 3. The molecule has 2 amide bonds. The van der Waals surface area contributed by atoms with Gasteiger partial charge in [0.25, 0.3) is 11.8 Å². The van der Waals surface area contributed by atoms with Crippen LogP contribution in [0.5, 0.6) is 0 Å². The van der Waals surface area contributed by atoms with Crippen molar-refractivity contribution in [2.75, 3.05) is 23.4 Å². The number of hydrogen-bond donors (Lipinski definition) is 2. The second-order valence-corrected chi connectivity index (χ2v) is 11.3. The first-order valence-corrected chi connectivity index (χ1v) is 14.0. The number of anilines is 2. The van der Waals surface area contributed by atoms with Crippen LogP contribution in [0, 0.1) is 13.8 Å². The number of halogens is 1. The summed E-state index contributed by atoms with van der Waals surface area (Å²) in [6, 6.07) is 17.6. The molecule has 188 valence electrons. The summed E-state index contributed by atoms with van der Waals surface area (Å²) in [6.07, 6.45) is 0.391. The maximum atomic E-state index is 13.7. The summed E-state index contributed by atoms with van der Waals surface area (Å²) in [7, 11) is -3.76. The fourth-order valence-electron chi connectivity index (χ4n) is 4.45. The molecule has 1 heterocycles.